The summed E-state index contributed by atoms with van der Waals surface area (Å²) in [6.07, 6.45) is 0.855. The second kappa shape index (κ2) is 6.65. The van der Waals surface area contributed by atoms with Gasteiger partial charge in [0.1, 0.15) is 0 Å². The van der Waals surface area contributed by atoms with Gasteiger partial charge in [0.05, 0.1) is 11.3 Å². The van der Waals surface area contributed by atoms with E-state index in [1.165, 1.54) is 18.2 Å². The van der Waals surface area contributed by atoms with Gasteiger partial charge in [-0.2, -0.15) is 0 Å². The van der Waals surface area contributed by atoms with E-state index in [0.29, 0.717) is 4.90 Å². The molecule has 0 radical (unpaired) electrons. The highest BCUT2D eigenvalue weighted by molar-refractivity contribution is 6.24. The first-order valence-corrected chi connectivity index (χ1v) is 6.55. The van der Waals surface area contributed by atoms with Crippen molar-refractivity contribution >= 4 is 23.5 Å². The summed E-state index contributed by atoms with van der Waals surface area (Å²) in [5, 5.41) is 8.97. The maximum Gasteiger partial charge on any atom is 0.338 e. The quantitative estimate of drug-likeness (QED) is 0.881. The monoisotopic (exact) mass is 313 g/mol. The average Bonchev–Trinajstić information content (AvgIpc) is 2.56. The Hall–Kier alpha value is -3.28. The van der Waals surface area contributed by atoms with Crippen molar-refractivity contribution in [1.29, 1.82) is 0 Å². The molecule has 0 fully saturated rings. The largest absolute Gasteiger partial charge is 0.478 e. The van der Waals surface area contributed by atoms with Crippen LogP contribution in [0.4, 0.5) is 10.1 Å². The van der Waals surface area contributed by atoms with Gasteiger partial charge in [-0.1, -0.05) is 30.8 Å². The van der Waals surface area contributed by atoms with E-state index in [9.17, 15) is 18.8 Å². The molecule has 0 aliphatic rings. The van der Waals surface area contributed by atoms with Gasteiger partial charge in [-0.3, -0.25) is 9.59 Å². The van der Waals surface area contributed by atoms with Crippen molar-refractivity contribution in [1.82, 2.24) is 0 Å². The van der Waals surface area contributed by atoms with Crippen molar-refractivity contribution in [3.8, 4) is 0 Å². The molecule has 0 saturated carbocycles. The zero-order chi connectivity index (χ0) is 17.0. The van der Waals surface area contributed by atoms with E-state index in [1.54, 1.807) is 18.2 Å². The summed E-state index contributed by atoms with van der Waals surface area (Å²) >= 11 is 0. The molecule has 23 heavy (non-hydrogen) atoms. The number of amides is 2. The SMILES string of the molecule is C=CC(=O)N(C(=O)c1ccccc1)c1cccc(C(=O)O)c1F. The number of hydrogen-bond donors (Lipinski definition) is 1. The number of carbonyl (C=O) groups is 3. The van der Waals surface area contributed by atoms with Crippen molar-refractivity contribution in [3.63, 3.8) is 0 Å². The maximum absolute atomic E-state index is 14.4. The second-order valence-electron chi connectivity index (χ2n) is 4.49. The Balaban J connectivity index is 2.59. The molecule has 0 spiro atoms. The Labute approximate surface area is 131 Å². The molecule has 116 valence electrons. The van der Waals surface area contributed by atoms with Crippen LogP contribution in [0.3, 0.4) is 0 Å². The van der Waals surface area contributed by atoms with E-state index in [-0.39, 0.29) is 5.56 Å². The molecule has 2 aromatic rings. The van der Waals surface area contributed by atoms with Gasteiger partial charge in [-0.15, -0.1) is 0 Å². The number of carboxylic acid groups (broad SMARTS) is 1. The Bertz CT molecular complexity index is 786. The minimum Gasteiger partial charge on any atom is -0.478 e. The van der Waals surface area contributed by atoms with Gasteiger partial charge in [-0.25, -0.2) is 14.1 Å². The average molecular weight is 313 g/mol. The number of nitrogens with zero attached hydrogens (tertiary/aromatic N) is 1. The molecular formula is C17H12FNO4. The molecule has 0 atom stereocenters. The highest BCUT2D eigenvalue weighted by Crippen LogP contribution is 2.24. The number of carbonyl (C=O) groups excluding carboxylic acids is 2. The zero-order valence-electron chi connectivity index (χ0n) is 11.9. The van der Waals surface area contributed by atoms with E-state index < -0.39 is 34.9 Å². The molecule has 6 heteroatoms. The third-order valence-electron chi connectivity index (χ3n) is 3.07. The van der Waals surface area contributed by atoms with Crippen molar-refractivity contribution in [2.24, 2.45) is 0 Å². The summed E-state index contributed by atoms with van der Waals surface area (Å²) in [5.74, 6) is -4.31. The van der Waals surface area contributed by atoms with E-state index in [4.69, 9.17) is 5.11 Å². The van der Waals surface area contributed by atoms with Gasteiger partial charge in [0.15, 0.2) is 5.82 Å². The third-order valence-corrected chi connectivity index (χ3v) is 3.07. The number of benzene rings is 2. The lowest BCUT2D eigenvalue weighted by molar-refractivity contribution is -0.113. The smallest absolute Gasteiger partial charge is 0.338 e. The molecule has 0 saturated heterocycles. The van der Waals surface area contributed by atoms with Gasteiger partial charge in [-0.05, 0) is 30.3 Å². The predicted molar refractivity (Wildman–Crippen MR) is 81.8 cm³/mol. The second-order valence-corrected chi connectivity index (χ2v) is 4.49. The molecule has 1 N–H and O–H groups in total. The first-order chi connectivity index (χ1) is 11.0. The molecule has 2 aromatic carbocycles. The number of rotatable bonds is 4. The van der Waals surface area contributed by atoms with Crippen LogP contribution in [0.25, 0.3) is 0 Å². The third kappa shape index (κ3) is 3.16. The summed E-state index contributed by atoms with van der Waals surface area (Å²) in [6.45, 7) is 3.29. The Morgan fingerprint density at radius 3 is 2.26 bits per heavy atom. The number of anilines is 1. The lowest BCUT2D eigenvalue weighted by atomic mass is 10.1. The van der Waals surface area contributed by atoms with Crippen LogP contribution in [0.2, 0.25) is 0 Å². The summed E-state index contributed by atoms with van der Waals surface area (Å²) < 4.78 is 14.4. The molecule has 0 aliphatic heterocycles. The van der Waals surface area contributed by atoms with Gasteiger partial charge >= 0.3 is 5.97 Å². The number of halogens is 1. The fourth-order valence-electron chi connectivity index (χ4n) is 1.99. The van der Waals surface area contributed by atoms with Crippen LogP contribution in [0.1, 0.15) is 20.7 Å². The van der Waals surface area contributed by atoms with E-state index >= 15 is 0 Å². The van der Waals surface area contributed by atoms with Crippen LogP contribution >= 0.6 is 0 Å². The summed E-state index contributed by atoms with van der Waals surface area (Å²) in [4.78, 5) is 36.1. The first kappa shape index (κ1) is 16.1. The van der Waals surface area contributed by atoms with Gasteiger partial charge in [0, 0.05) is 5.56 Å². The molecule has 5 nitrogen and oxygen atoms in total. The van der Waals surface area contributed by atoms with E-state index in [0.717, 1.165) is 18.2 Å². The van der Waals surface area contributed by atoms with Crippen molar-refractivity contribution in [2.45, 2.75) is 0 Å². The van der Waals surface area contributed by atoms with Gasteiger partial charge in [0.2, 0.25) is 0 Å². The standard InChI is InChI=1S/C17H12FNO4/c1-2-14(20)19(16(21)11-7-4-3-5-8-11)13-10-6-9-12(15(13)18)17(22)23/h2-10H,1H2,(H,22,23). The van der Waals surface area contributed by atoms with Crippen molar-refractivity contribution in [2.75, 3.05) is 4.90 Å². The number of hydrogen-bond acceptors (Lipinski definition) is 3. The molecule has 2 amide bonds. The number of aromatic carboxylic acids is 1. The number of imide groups is 1. The highest BCUT2D eigenvalue weighted by Gasteiger charge is 2.27. The van der Waals surface area contributed by atoms with Gasteiger partial charge in [0.25, 0.3) is 11.8 Å². The highest BCUT2D eigenvalue weighted by atomic mass is 19.1. The fraction of sp³-hybridized carbons (Fsp3) is 0. The molecule has 0 bridgehead atoms. The lowest BCUT2D eigenvalue weighted by Gasteiger charge is -2.20. The molecule has 0 unspecified atom stereocenters. The summed E-state index contributed by atoms with van der Waals surface area (Å²) in [7, 11) is 0. The summed E-state index contributed by atoms with van der Waals surface area (Å²) in [5.41, 5.74) is -0.920. The lowest BCUT2D eigenvalue weighted by Crippen LogP contribution is -2.36. The fourth-order valence-corrected chi connectivity index (χ4v) is 1.99. The molecule has 0 heterocycles. The first-order valence-electron chi connectivity index (χ1n) is 6.55. The molecular weight excluding hydrogens is 301 g/mol. The van der Waals surface area contributed by atoms with Crippen LogP contribution < -0.4 is 4.90 Å². The van der Waals surface area contributed by atoms with E-state index in [2.05, 4.69) is 6.58 Å². The predicted octanol–water partition coefficient (Wildman–Crippen LogP) is 2.88. The van der Waals surface area contributed by atoms with E-state index in [1.807, 2.05) is 0 Å². The zero-order valence-corrected chi connectivity index (χ0v) is 11.9. The Kier molecular flexibility index (Phi) is 4.66. The minimum absolute atomic E-state index is 0.155. The van der Waals surface area contributed by atoms with Crippen LogP contribution in [0.15, 0.2) is 61.2 Å². The van der Waals surface area contributed by atoms with Gasteiger partial charge < -0.3 is 5.11 Å². The van der Waals surface area contributed by atoms with Crippen LogP contribution in [-0.2, 0) is 4.79 Å². The number of carboxylic acids is 1. The van der Waals surface area contributed by atoms with Crippen LogP contribution in [0.5, 0.6) is 0 Å². The molecule has 0 aliphatic carbocycles. The maximum atomic E-state index is 14.4. The van der Waals surface area contributed by atoms with Crippen molar-refractivity contribution in [3.05, 3.63) is 78.1 Å². The molecule has 2 rings (SSSR count). The van der Waals surface area contributed by atoms with Crippen LogP contribution in [-0.4, -0.2) is 22.9 Å². The Morgan fingerprint density at radius 1 is 1.04 bits per heavy atom. The van der Waals surface area contributed by atoms with Crippen molar-refractivity contribution < 1.29 is 23.9 Å². The summed E-state index contributed by atoms with van der Waals surface area (Å²) in [6, 6.07) is 11.2. The molecule has 0 aromatic heterocycles. The Morgan fingerprint density at radius 2 is 1.70 bits per heavy atom. The normalized spacial score (nSPS) is 9.96. The minimum atomic E-state index is -1.50. The topological polar surface area (TPSA) is 74.7 Å². The van der Waals surface area contributed by atoms with Crippen LogP contribution in [0, 0.1) is 5.82 Å².